The summed E-state index contributed by atoms with van der Waals surface area (Å²) >= 11 is -0.275. The molecule has 0 radical (unpaired) electrons. The molecule has 1 rings (SSSR count). The Kier molecular flexibility index (Phi) is 6.23. The van der Waals surface area contributed by atoms with Gasteiger partial charge < -0.3 is 0 Å². The topological polar surface area (TPSA) is 61.8 Å². The van der Waals surface area contributed by atoms with Gasteiger partial charge in [-0.1, -0.05) is 0 Å². The van der Waals surface area contributed by atoms with Crippen LogP contribution in [0.15, 0.2) is 8.94 Å². The molecule has 5 nitrogen and oxygen atoms in total. The third kappa shape index (κ3) is 3.83. The molecule has 7 heteroatoms. The van der Waals surface area contributed by atoms with Crippen molar-refractivity contribution in [3.8, 4) is 0 Å². The van der Waals surface area contributed by atoms with Crippen molar-refractivity contribution in [3.05, 3.63) is 8.94 Å². The summed E-state index contributed by atoms with van der Waals surface area (Å²) in [6.07, 6.45) is 0. The molecule has 1 aliphatic rings. The van der Waals surface area contributed by atoms with E-state index in [2.05, 4.69) is 0 Å². The molecule has 1 aliphatic heterocycles. The molecule has 0 saturated carbocycles. The van der Waals surface area contributed by atoms with Gasteiger partial charge in [-0.15, -0.1) is 0 Å². The second-order valence-electron chi connectivity index (χ2n) is 2.96. The monoisotopic (exact) mass is 374 g/mol. The Morgan fingerprint density at radius 2 is 1.82 bits per heavy atom. The van der Waals surface area contributed by atoms with E-state index in [-0.39, 0.29) is 34.9 Å². The number of carbonyl (C=O) groups excluding carboxylic acids is 2. The number of esters is 2. The quantitative estimate of drug-likeness (QED) is 0.503. The van der Waals surface area contributed by atoms with Gasteiger partial charge in [-0.2, -0.15) is 0 Å². The van der Waals surface area contributed by atoms with Crippen LogP contribution in [0.1, 0.15) is 6.92 Å². The van der Waals surface area contributed by atoms with Gasteiger partial charge in [-0.3, -0.25) is 0 Å². The maximum absolute atomic E-state index is 11.6. The van der Waals surface area contributed by atoms with Crippen LogP contribution >= 0.6 is 0 Å². The summed E-state index contributed by atoms with van der Waals surface area (Å²) in [6, 6.07) is 0. The third-order valence-electron chi connectivity index (χ3n) is 1.91. The van der Waals surface area contributed by atoms with Gasteiger partial charge in [0.25, 0.3) is 0 Å². The van der Waals surface area contributed by atoms with Crippen LogP contribution in [0, 0.1) is 0 Å². The van der Waals surface area contributed by atoms with Crippen molar-refractivity contribution in [3.63, 3.8) is 0 Å². The molecule has 0 fully saturated rings. The Morgan fingerprint density at radius 1 is 1.24 bits per heavy atom. The number of carbonyl (C=O) groups is 2. The van der Waals surface area contributed by atoms with E-state index in [9.17, 15) is 9.59 Å². The van der Waals surface area contributed by atoms with Crippen LogP contribution in [0.4, 0.5) is 0 Å². The molecule has 1 heterocycles. The molecule has 1 unspecified atom stereocenters. The van der Waals surface area contributed by atoms with Crippen molar-refractivity contribution in [2.75, 3.05) is 20.8 Å². The van der Waals surface area contributed by atoms with E-state index in [1.807, 2.05) is 6.92 Å². The van der Waals surface area contributed by atoms with Crippen LogP contribution < -0.4 is 0 Å². The van der Waals surface area contributed by atoms with Gasteiger partial charge in [0.15, 0.2) is 0 Å². The van der Waals surface area contributed by atoms with Crippen molar-refractivity contribution in [1.29, 1.82) is 0 Å². The first kappa shape index (κ1) is 14.7. The molecular weight excluding hydrogens is 358 g/mol. The number of rotatable bonds is 4. The van der Waals surface area contributed by atoms with E-state index in [1.54, 1.807) is 0 Å². The normalized spacial score (nSPS) is 20.1. The second-order valence-corrected chi connectivity index (χ2v) is 7.57. The predicted molar refractivity (Wildman–Crippen MR) is 62.8 cm³/mol. The SMILES string of the molecule is CCOC1C[Se]C(C(=O)OC)=C(C(=O)OC)[Se]1. The maximum atomic E-state index is 11.6. The fourth-order valence-corrected chi connectivity index (χ4v) is 7.44. The van der Waals surface area contributed by atoms with Crippen LogP contribution in [0.25, 0.3) is 0 Å². The number of ether oxygens (including phenoxy) is 3. The summed E-state index contributed by atoms with van der Waals surface area (Å²) in [4.78, 5) is 23.2. The van der Waals surface area contributed by atoms with Crippen LogP contribution in [0.5, 0.6) is 0 Å². The molecule has 0 saturated heterocycles. The summed E-state index contributed by atoms with van der Waals surface area (Å²) in [5.41, 5.74) is 0. The van der Waals surface area contributed by atoms with E-state index in [0.29, 0.717) is 15.5 Å². The summed E-state index contributed by atoms with van der Waals surface area (Å²) in [6.45, 7) is 2.53. The summed E-state index contributed by atoms with van der Waals surface area (Å²) in [5, 5.41) is 0.876. The molecule has 17 heavy (non-hydrogen) atoms. The first-order valence-corrected chi connectivity index (χ1v) is 8.87. The fourth-order valence-electron chi connectivity index (χ4n) is 1.18. The van der Waals surface area contributed by atoms with E-state index in [4.69, 9.17) is 14.2 Å². The Labute approximate surface area is 113 Å². The van der Waals surface area contributed by atoms with Crippen LogP contribution in [-0.4, -0.2) is 67.7 Å². The molecule has 0 amide bonds. The van der Waals surface area contributed by atoms with Crippen molar-refractivity contribution in [2.45, 2.75) is 17.2 Å². The Morgan fingerprint density at radius 3 is 2.35 bits per heavy atom. The minimum atomic E-state index is -0.434. The predicted octanol–water partition coefficient (Wildman–Crippen LogP) is -0.253. The van der Waals surface area contributed by atoms with Gasteiger partial charge in [0.2, 0.25) is 0 Å². The average molecular weight is 372 g/mol. The number of hydrogen-bond acceptors (Lipinski definition) is 5. The van der Waals surface area contributed by atoms with Crippen molar-refractivity contribution in [2.24, 2.45) is 0 Å². The van der Waals surface area contributed by atoms with Crippen molar-refractivity contribution >= 4 is 41.9 Å². The van der Waals surface area contributed by atoms with E-state index in [0.717, 1.165) is 5.32 Å². The Bertz CT molecular complexity index is 340. The molecule has 0 bridgehead atoms. The minimum absolute atomic E-state index is 0.0648. The molecule has 0 aromatic heterocycles. The van der Waals surface area contributed by atoms with E-state index in [1.165, 1.54) is 14.2 Å². The standard InChI is InChI=1S/C10H14O5Se2/c1-4-15-6-5-16-7(9(11)13-2)8(17-6)10(12)14-3/h6H,4-5H2,1-3H3. The zero-order chi connectivity index (χ0) is 12.8. The summed E-state index contributed by atoms with van der Waals surface area (Å²) in [7, 11) is 2.64. The van der Waals surface area contributed by atoms with E-state index >= 15 is 0 Å². The van der Waals surface area contributed by atoms with Gasteiger partial charge >= 0.3 is 113 Å². The molecular formula is C10H14O5Se2. The molecule has 96 valence electrons. The fraction of sp³-hybridized carbons (Fsp3) is 0.600. The van der Waals surface area contributed by atoms with Crippen LogP contribution in [0.3, 0.4) is 0 Å². The first-order chi connectivity index (χ1) is 8.13. The molecule has 0 N–H and O–H groups in total. The molecule has 0 aromatic carbocycles. The van der Waals surface area contributed by atoms with Gasteiger partial charge in [0.1, 0.15) is 0 Å². The van der Waals surface area contributed by atoms with Gasteiger partial charge in [0.05, 0.1) is 0 Å². The molecule has 0 aliphatic carbocycles. The van der Waals surface area contributed by atoms with Crippen molar-refractivity contribution in [1.82, 2.24) is 0 Å². The first-order valence-electron chi connectivity index (χ1n) is 4.96. The van der Waals surface area contributed by atoms with Gasteiger partial charge in [0, 0.05) is 0 Å². The zero-order valence-corrected chi connectivity index (χ0v) is 13.3. The Balaban J connectivity index is 2.93. The average Bonchev–Trinajstić information content (AvgIpc) is 2.37. The van der Waals surface area contributed by atoms with Crippen LogP contribution in [-0.2, 0) is 23.8 Å². The van der Waals surface area contributed by atoms with Crippen LogP contribution in [0.2, 0.25) is 5.32 Å². The van der Waals surface area contributed by atoms with Crippen molar-refractivity contribution < 1.29 is 23.8 Å². The second kappa shape index (κ2) is 7.19. The van der Waals surface area contributed by atoms with Gasteiger partial charge in [-0.05, 0) is 0 Å². The molecule has 0 aromatic rings. The van der Waals surface area contributed by atoms with Gasteiger partial charge in [-0.25, -0.2) is 0 Å². The number of methoxy groups -OCH3 is 2. The summed E-state index contributed by atoms with van der Waals surface area (Å²) in [5.74, 6) is -0.848. The molecule has 1 atom stereocenters. The number of hydrogen-bond donors (Lipinski definition) is 0. The zero-order valence-electron chi connectivity index (χ0n) is 9.85. The van der Waals surface area contributed by atoms with E-state index < -0.39 is 11.9 Å². The summed E-state index contributed by atoms with van der Waals surface area (Å²) < 4.78 is 15.9. The molecule has 0 spiro atoms. The third-order valence-corrected chi connectivity index (χ3v) is 8.47. The Hall–Kier alpha value is -0.321.